The Morgan fingerprint density at radius 3 is 2.88 bits per heavy atom. The number of imidazole rings is 1. The molecular weight excluding hydrogens is 212 g/mol. The van der Waals surface area contributed by atoms with Crippen LogP contribution in [-0.4, -0.2) is 41.1 Å². The van der Waals surface area contributed by atoms with Gasteiger partial charge < -0.3 is 14.8 Å². The number of rotatable bonds is 5. The minimum Gasteiger partial charge on any atom is -0.334 e. The number of likely N-dealkylation sites (tertiary alicyclic amines) is 1. The molecule has 1 fully saturated rings. The molecular formula is C13H24N4. The Kier molecular flexibility index (Phi) is 4.57. The molecule has 1 saturated heterocycles. The van der Waals surface area contributed by atoms with E-state index in [-0.39, 0.29) is 0 Å². The molecule has 1 aromatic heterocycles. The van der Waals surface area contributed by atoms with Gasteiger partial charge in [0.2, 0.25) is 0 Å². The maximum atomic E-state index is 4.18. The van der Waals surface area contributed by atoms with E-state index in [0.717, 1.165) is 25.6 Å². The third-order valence-corrected chi connectivity index (χ3v) is 3.72. The summed E-state index contributed by atoms with van der Waals surface area (Å²) in [6, 6.07) is 0. The van der Waals surface area contributed by atoms with Crippen LogP contribution in [0.15, 0.2) is 12.5 Å². The fraction of sp³-hybridized carbons (Fsp3) is 0.769. The molecule has 1 aromatic rings. The van der Waals surface area contributed by atoms with E-state index < -0.39 is 0 Å². The molecule has 0 aliphatic carbocycles. The van der Waals surface area contributed by atoms with Crippen LogP contribution < -0.4 is 5.32 Å². The summed E-state index contributed by atoms with van der Waals surface area (Å²) in [5.41, 5.74) is 1.29. The zero-order valence-corrected chi connectivity index (χ0v) is 11.0. The summed E-state index contributed by atoms with van der Waals surface area (Å²) < 4.78 is 2.20. The molecule has 0 aromatic carbocycles. The molecule has 17 heavy (non-hydrogen) atoms. The molecule has 0 atom stereocenters. The summed E-state index contributed by atoms with van der Waals surface area (Å²) in [4.78, 5) is 6.60. The average Bonchev–Trinajstić information content (AvgIpc) is 2.79. The van der Waals surface area contributed by atoms with Crippen molar-refractivity contribution in [1.29, 1.82) is 0 Å². The summed E-state index contributed by atoms with van der Waals surface area (Å²) >= 11 is 0. The van der Waals surface area contributed by atoms with Crippen molar-refractivity contribution >= 4 is 0 Å². The number of aryl methyl sites for hydroxylation is 1. The van der Waals surface area contributed by atoms with E-state index in [1.807, 2.05) is 12.5 Å². The second-order valence-electron chi connectivity index (χ2n) is 5.05. The van der Waals surface area contributed by atoms with Crippen LogP contribution in [0.5, 0.6) is 0 Å². The van der Waals surface area contributed by atoms with Crippen LogP contribution in [0, 0.1) is 5.92 Å². The largest absolute Gasteiger partial charge is 0.334 e. The predicted molar refractivity (Wildman–Crippen MR) is 69.8 cm³/mol. The van der Waals surface area contributed by atoms with Gasteiger partial charge in [0.15, 0.2) is 0 Å². The molecule has 0 unspecified atom stereocenters. The normalized spacial score (nSPS) is 18.7. The number of nitrogens with zero attached hydrogens (tertiary/aromatic N) is 3. The number of hydrogen-bond acceptors (Lipinski definition) is 3. The molecule has 4 heteroatoms. The summed E-state index contributed by atoms with van der Waals surface area (Å²) in [6.45, 7) is 7.74. The lowest BCUT2D eigenvalue weighted by molar-refractivity contribution is 0.215. The number of aromatic nitrogens is 2. The standard InChI is InChI=1S/C13H24N4/c1-3-17-11-15-10-13(17)9-14-8-12-4-6-16(2)7-5-12/h10-12,14H,3-9H2,1-2H3. The van der Waals surface area contributed by atoms with E-state index >= 15 is 0 Å². The number of hydrogen-bond donors (Lipinski definition) is 1. The zero-order valence-electron chi connectivity index (χ0n) is 11.0. The highest BCUT2D eigenvalue weighted by molar-refractivity contribution is 4.97. The Morgan fingerprint density at radius 2 is 2.18 bits per heavy atom. The fourth-order valence-electron chi connectivity index (χ4n) is 2.45. The lowest BCUT2D eigenvalue weighted by atomic mass is 9.97. The fourth-order valence-corrected chi connectivity index (χ4v) is 2.45. The molecule has 96 valence electrons. The Labute approximate surface area is 104 Å². The van der Waals surface area contributed by atoms with Gasteiger partial charge in [0.05, 0.1) is 12.0 Å². The predicted octanol–water partition coefficient (Wildman–Crippen LogP) is 1.33. The van der Waals surface area contributed by atoms with Crippen LogP contribution in [0.4, 0.5) is 0 Å². The first-order valence-corrected chi connectivity index (χ1v) is 6.68. The van der Waals surface area contributed by atoms with Gasteiger partial charge in [0.1, 0.15) is 0 Å². The highest BCUT2D eigenvalue weighted by atomic mass is 15.1. The second kappa shape index (κ2) is 6.17. The molecule has 2 heterocycles. The highest BCUT2D eigenvalue weighted by Crippen LogP contribution is 2.14. The van der Waals surface area contributed by atoms with E-state index in [1.54, 1.807) is 0 Å². The van der Waals surface area contributed by atoms with E-state index in [2.05, 4.69) is 33.7 Å². The summed E-state index contributed by atoms with van der Waals surface area (Å²) in [5.74, 6) is 0.851. The van der Waals surface area contributed by atoms with Crippen LogP contribution in [0.3, 0.4) is 0 Å². The highest BCUT2D eigenvalue weighted by Gasteiger charge is 2.15. The Balaban J connectivity index is 1.69. The Hall–Kier alpha value is -0.870. The quantitative estimate of drug-likeness (QED) is 0.837. The first kappa shape index (κ1) is 12.6. The van der Waals surface area contributed by atoms with Crippen molar-refractivity contribution in [3.8, 4) is 0 Å². The van der Waals surface area contributed by atoms with Crippen LogP contribution in [-0.2, 0) is 13.1 Å². The average molecular weight is 236 g/mol. The third kappa shape index (κ3) is 3.54. The van der Waals surface area contributed by atoms with Crippen molar-refractivity contribution in [2.45, 2.75) is 32.9 Å². The lowest BCUT2D eigenvalue weighted by Crippen LogP contribution is -2.35. The number of piperidine rings is 1. The first-order chi connectivity index (χ1) is 8.29. The first-order valence-electron chi connectivity index (χ1n) is 6.68. The zero-order chi connectivity index (χ0) is 12.1. The van der Waals surface area contributed by atoms with E-state index in [1.165, 1.54) is 31.6 Å². The van der Waals surface area contributed by atoms with Crippen LogP contribution in [0.2, 0.25) is 0 Å². The number of nitrogens with one attached hydrogen (secondary N) is 1. The molecule has 0 amide bonds. The molecule has 1 aliphatic rings. The van der Waals surface area contributed by atoms with Gasteiger partial charge in [-0.1, -0.05) is 0 Å². The van der Waals surface area contributed by atoms with E-state index in [4.69, 9.17) is 0 Å². The van der Waals surface area contributed by atoms with E-state index in [9.17, 15) is 0 Å². The summed E-state index contributed by atoms with van der Waals surface area (Å²) in [5, 5.41) is 3.57. The Morgan fingerprint density at radius 1 is 1.41 bits per heavy atom. The van der Waals surface area contributed by atoms with Gasteiger partial charge in [-0.05, 0) is 52.4 Å². The van der Waals surface area contributed by atoms with Gasteiger partial charge in [-0.25, -0.2) is 4.98 Å². The van der Waals surface area contributed by atoms with Crippen LogP contribution in [0.1, 0.15) is 25.5 Å². The van der Waals surface area contributed by atoms with Gasteiger partial charge in [-0.2, -0.15) is 0 Å². The van der Waals surface area contributed by atoms with Crippen LogP contribution in [0.25, 0.3) is 0 Å². The molecule has 4 nitrogen and oxygen atoms in total. The van der Waals surface area contributed by atoms with Gasteiger partial charge in [0, 0.05) is 19.3 Å². The maximum Gasteiger partial charge on any atom is 0.0948 e. The van der Waals surface area contributed by atoms with E-state index in [0.29, 0.717) is 0 Å². The van der Waals surface area contributed by atoms with Gasteiger partial charge in [-0.15, -0.1) is 0 Å². The monoisotopic (exact) mass is 236 g/mol. The molecule has 0 radical (unpaired) electrons. The van der Waals surface area contributed by atoms with Gasteiger partial charge in [-0.3, -0.25) is 0 Å². The molecule has 0 bridgehead atoms. The smallest absolute Gasteiger partial charge is 0.0948 e. The third-order valence-electron chi connectivity index (χ3n) is 3.72. The minimum absolute atomic E-state index is 0.851. The summed E-state index contributed by atoms with van der Waals surface area (Å²) in [7, 11) is 2.21. The topological polar surface area (TPSA) is 33.1 Å². The molecule has 0 saturated carbocycles. The van der Waals surface area contributed by atoms with Crippen molar-refractivity contribution in [2.75, 3.05) is 26.7 Å². The van der Waals surface area contributed by atoms with Gasteiger partial charge in [0.25, 0.3) is 0 Å². The molecule has 1 N–H and O–H groups in total. The van der Waals surface area contributed by atoms with Crippen molar-refractivity contribution in [2.24, 2.45) is 5.92 Å². The molecule has 2 rings (SSSR count). The SMILES string of the molecule is CCn1cncc1CNCC1CCN(C)CC1. The van der Waals surface area contributed by atoms with Gasteiger partial charge >= 0.3 is 0 Å². The van der Waals surface area contributed by atoms with Crippen molar-refractivity contribution in [3.05, 3.63) is 18.2 Å². The molecule has 0 spiro atoms. The van der Waals surface area contributed by atoms with Crippen LogP contribution >= 0.6 is 0 Å². The minimum atomic E-state index is 0.851. The van der Waals surface area contributed by atoms with Crippen molar-refractivity contribution in [1.82, 2.24) is 19.8 Å². The lowest BCUT2D eigenvalue weighted by Gasteiger charge is -2.29. The van der Waals surface area contributed by atoms with Crippen molar-refractivity contribution < 1.29 is 0 Å². The Bertz CT molecular complexity index is 326. The second-order valence-corrected chi connectivity index (χ2v) is 5.05. The maximum absolute atomic E-state index is 4.18. The molecule has 1 aliphatic heterocycles. The summed E-state index contributed by atoms with van der Waals surface area (Å²) in [6.07, 6.45) is 6.53. The van der Waals surface area contributed by atoms with Crippen molar-refractivity contribution in [3.63, 3.8) is 0 Å².